The molecule has 1 aromatic carbocycles. The molecule has 0 aliphatic rings. The van der Waals surface area contributed by atoms with Crippen LogP contribution in [0.25, 0.3) is 0 Å². The van der Waals surface area contributed by atoms with Crippen LogP contribution < -0.4 is 11.1 Å². The van der Waals surface area contributed by atoms with Crippen molar-refractivity contribution in [2.45, 2.75) is 26.8 Å². The van der Waals surface area contributed by atoms with Crippen LogP contribution >= 0.6 is 0 Å². The minimum Gasteiger partial charge on any atom is -0.465 e. The summed E-state index contributed by atoms with van der Waals surface area (Å²) in [5, 5.41) is 12.4. The van der Waals surface area contributed by atoms with E-state index in [0.29, 0.717) is 11.3 Å². The first-order valence-electron chi connectivity index (χ1n) is 6.26. The zero-order chi connectivity index (χ0) is 14.6. The molecule has 0 aromatic heterocycles. The maximum absolute atomic E-state index is 11.6. The van der Waals surface area contributed by atoms with Crippen LogP contribution in [-0.2, 0) is 4.74 Å². The summed E-state index contributed by atoms with van der Waals surface area (Å²) in [6.45, 7) is 5.87. The third-order valence-electron chi connectivity index (χ3n) is 3.33. The fourth-order valence-electron chi connectivity index (χ4n) is 1.72. The fourth-order valence-corrected chi connectivity index (χ4v) is 1.72. The van der Waals surface area contributed by atoms with Gasteiger partial charge in [-0.05, 0) is 37.5 Å². The minimum atomic E-state index is -0.452. The van der Waals surface area contributed by atoms with Crippen molar-refractivity contribution in [2.75, 3.05) is 24.8 Å². The Morgan fingerprint density at radius 1 is 1.47 bits per heavy atom. The maximum Gasteiger partial charge on any atom is 0.340 e. The average Bonchev–Trinajstić information content (AvgIpc) is 2.40. The van der Waals surface area contributed by atoms with E-state index in [1.54, 1.807) is 6.07 Å². The van der Waals surface area contributed by atoms with Gasteiger partial charge in [-0.1, -0.05) is 6.92 Å². The molecule has 106 valence electrons. The minimum absolute atomic E-state index is 0.0820. The second kappa shape index (κ2) is 6.43. The van der Waals surface area contributed by atoms with Gasteiger partial charge in [-0.25, -0.2) is 4.79 Å². The zero-order valence-electron chi connectivity index (χ0n) is 11.9. The summed E-state index contributed by atoms with van der Waals surface area (Å²) in [5.74, 6) is -0.341. The first-order valence-corrected chi connectivity index (χ1v) is 6.26. The van der Waals surface area contributed by atoms with Crippen LogP contribution in [-0.4, -0.2) is 30.8 Å². The highest BCUT2D eigenvalue weighted by atomic mass is 16.5. The Bertz CT molecular complexity index is 460. The molecule has 0 amide bonds. The van der Waals surface area contributed by atoms with Gasteiger partial charge in [0.25, 0.3) is 0 Å². The largest absolute Gasteiger partial charge is 0.465 e. The molecule has 0 saturated carbocycles. The normalized spacial score (nSPS) is 13.7. The predicted octanol–water partition coefficient (Wildman–Crippen LogP) is 1.79. The van der Waals surface area contributed by atoms with Crippen molar-refractivity contribution >= 4 is 17.3 Å². The molecule has 0 heterocycles. The number of esters is 1. The number of aliphatic hydroxyl groups excluding tert-OH is 1. The number of nitrogen functional groups attached to an aromatic ring is 1. The molecule has 4 N–H and O–H groups in total. The number of hydrogen-bond acceptors (Lipinski definition) is 5. The lowest BCUT2D eigenvalue weighted by Gasteiger charge is -2.21. The average molecular weight is 266 g/mol. The second-order valence-corrected chi connectivity index (χ2v) is 4.84. The Morgan fingerprint density at radius 3 is 2.63 bits per heavy atom. The number of rotatable bonds is 5. The van der Waals surface area contributed by atoms with E-state index in [1.165, 1.54) is 7.11 Å². The molecule has 0 aliphatic heterocycles. The zero-order valence-corrected chi connectivity index (χ0v) is 11.9. The summed E-state index contributed by atoms with van der Waals surface area (Å²) in [6, 6.07) is 3.63. The Balaban J connectivity index is 3.03. The predicted molar refractivity (Wildman–Crippen MR) is 76.3 cm³/mol. The number of anilines is 2. The number of aryl methyl sites for hydroxylation is 1. The molecule has 0 spiro atoms. The molecule has 1 rings (SSSR count). The molecular formula is C14H22N2O3. The van der Waals surface area contributed by atoms with E-state index in [4.69, 9.17) is 15.6 Å². The second-order valence-electron chi connectivity index (χ2n) is 4.84. The molecule has 2 atom stereocenters. The Kier molecular flexibility index (Phi) is 5.18. The van der Waals surface area contributed by atoms with E-state index in [1.807, 2.05) is 26.8 Å². The first kappa shape index (κ1) is 15.3. The van der Waals surface area contributed by atoms with Gasteiger partial charge in [0.2, 0.25) is 0 Å². The van der Waals surface area contributed by atoms with E-state index in [9.17, 15) is 4.79 Å². The van der Waals surface area contributed by atoms with E-state index in [-0.39, 0.29) is 18.6 Å². The van der Waals surface area contributed by atoms with E-state index >= 15 is 0 Å². The third kappa shape index (κ3) is 3.61. The van der Waals surface area contributed by atoms with Gasteiger partial charge in [-0.15, -0.1) is 0 Å². The number of benzene rings is 1. The standard InChI is InChI=1S/C14H22N2O3/c1-8-5-11(16-10(3)9(2)7-17)6-12(13(8)15)14(18)19-4/h5-6,9-10,16-17H,7,15H2,1-4H3. The summed E-state index contributed by atoms with van der Waals surface area (Å²) in [4.78, 5) is 11.6. The monoisotopic (exact) mass is 266 g/mol. The molecule has 0 aliphatic carbocycles. The fraction of sp³-hybridized carbons (Fsp3) is 0.500. The van der Waals surface area contributed by atoms with Crippen molar-refractivity contribution in [3.05, 3.63) is 23.3 Å². The summed E-state index contributed by atoms with van der Waals surface area (Å²) in [6.07, 6.45) is 0. The summed E-state index contributed by atoms with van der Waals surface area (Å²) >= 11 is 0. The molecule has 2 unspecified atom stereocenters. The van der Waals surface area contributed by atoms with Gasteiger partial charge < -0.3 is 20.9 Å². The number of methoxy groups -OCH3 is 1. The smallest absolute Gasteiger partial charge is 0.340 e. The Morgan fingerprint density at radius 2 is 2.11 bits per heavy atom. The van der Waals surface area contributed by atoms with Crippen LogP contribution in [0.1, 0.15) is 29.8 Å². The van der Waals surface area contributed by atoms with Crippen LogP contribution in [0.2, 0.25) is 0 Å². The molecule has 19 heavy (non-hydrogen) atoms. The van der Waals surface area contributed by atoms with Gasteiger partial charge in [0.1, 0.15) is 0 Å². The molecular weight excluding hydrogens is 244 g/mol. The van der Waals surface area contributed by atoms with Gasteiger partial charge >= 0.3 is 5.97 Å². The van der Waals surface area contributed by atoms with Crippen molar-refractivity contribution in [2.24, 2.45) is 5.92 Å². The van der Waals surface area contributed by atoms with Crippen molar-refractivity contribution in [3.8, 4) is 0 Å². The van der Waals surface area contributed by atoms with Gasteiger partial charge in [0.15, 0.2) is 0 Å². The SMILES string of the molecule is COC(=O)c1cc(NC(C)C(C)CO)cc(C)c1N. The Hall–Kier alpha value is -1.75. The molecule has 5 heteroatoms. The molecule has 0 radical (unpaired) electrons. The number of carbonyl (C=O) groups is 1. The van der Waals surface area contributed by atoms with Crippen LogP contribution in [0.15, 0.2) is 12.1 Å². The highest BCUT2D eigenvalue weighted by Crippen LogP contribution is 2.24. The molecule has 5 nitrogen and oxygen atoms in total. The lowest BCUT2D eigenvalue weighted by atomic mass is 10.0. The van der Waals surface area contributed by atoms with E-state index < -0.39 is 5.97 Å². The third-order valence-corrected chi connectivity index (χ3v) is 3.33. The number of ether oxygens (including phenoxy) is 1. The van der Waals surface area contributed by atoms with Crippen LogP contribution in [0.4, 0.5) is 11.4 Å². The lowest BCUT2D eigenvalue weighted by molar-refractivity contribution is 0.0602. The van der Waals surface area contributed by atoms with Crippen molar-refractivity contribution in [3.63, 3.8) is 0 Å². The molecule has 0 fully saturated rings. The number of nitrogens with two attached hydrogens (primary N) is 1. The molecule has 0 bridgehead atoms. The highest BCUT2D eigenvalue weighted by Gasteiger charge is 2.16. The van der Waals surface area contributed by atoms with Crippen LogP contribution in [0.5, 0.6) is 0 Å². The first-order chi connectivity index (χ1) is 8.90. The quantitative estimate of drug-likeness (QED) is 0.559. The summed E-state index contributed by atoms with van der Waals surface area (Å²) < 4.78 is 4.71. The van der Waals surface area contributed by atoms with Crippen molar-refractivity contribution in [1.82, 2.24) is 0 Å². The number of aliphatic hydroxyl groups is 1. The topological polar surface area (TPSA) is 84.6 Å². The Labute approximate surface area is 113 Å². The number of carbonyl (C=O) groups excluding carboxylic acids is 1. The molecule has 1 aromatic rings. The van der Waals surface area contributed by atoms with E-state index in [2.05, 4.69) is 5.32 Å². The van der Waals surface area contributed by atoms with Crippen molar-refractivity contribution < 1.29 is 14.6 Å². The van der Waals surface area contributed by atoms with E-state index in [0.717, 1.165) is 11.3 Å². The lowest BCUT2D eigenvalue weighted by Crippen LogP contribution is -2.26. The van der Waals surface area contributed by atoms with Crippen LogP contribution in [0.3, 0.4) is 0 Å². The van der Waals surface area contributed by atoms with Gasteiger partial charge in [0.05, 0.1) is 12.7 Å². The number of nitrogens with one attached hydrogen (secondary N) is 1. The number of hydrogen-bond donors (Lipinski definition) is 3. The van der Waals surface area contributed by atoms with Gasteiger partial charge in [-0.3, -0.25) is 0 Å². The van der Waals surface area contributed by atoms with Gasteiger partial charge in [0, 0.05) is 24.0 Å². The van der Waals surface area contributed by atoms with Crippen molar-refractivity contribution in [1.29, 1.82) is 0 Å². The maximum atomic E-state index is 11.6. The van der Waals surface area contributed by atoms with Crippen LogP contribution in [0, 0.1) is 12.8 Å². The summed E-state index contributed by atoms with van der Waals surface area (Å²) in [7, 11) is 1.33. The molecule has 0 saturated heterocycles. The summed E-state index contributed by atoms with van der Waals surface area (Å²) in [5.41, 5.74) is 8.27. The van der Waals surface area contributed by atoms with Gasteiger partial charge in [-0.2, -0.15) is 0 Å². The highest BCUT2D eigenvalue weighted by molar-refractivity contribution is 5.97.